The Morgan fingerprint density at radius 3 is 2.95 bits per heavy atom. The number of pyridine rings is 1. The van der Waals surface area contributed by atoms with E-state index in [1.54, 1.807) is 12.1 Å². The third-order valence-corrected chi connectivity index (χ3v) is 4.19. The number of carboxylic acid groups (broad SMARTS) is 1. The van der Waals surface area contributed by atoms with Crippen LogP contribution < -0.4 is 4.90 Å². The summed E-state index contributed by atoms with van der Waals surface area (Å²) >= 11 is 0. The van der Waals surface area contributed by atoms with E-state index in [0.29, 0.717) is 5.92 Å². The molecule has 1 aliphatic heterocycles. The van der Waals surface area contributed by atoms with Gasteiger partial charge in [-0.1, -0.05) is 0 Å². The Kier molecular flexibility index (Phi) is 4.09. The highest BCUT2D eigenvalue weighted by atomic mass is 16.4. The largest absolute Gasteiger partial charge is 0.478 e. The molecule has 1 unspecified atom stereocenters. The van der Waals surface area contributed by atoms with Gasteiger partial charge in [0.1, 0.15) is 11.6 Å². The molecule has 2 aromatic heterocycles. The summed E-state index contributed by atoms with van der Waals surface area (Å²) in [5.41, 5.74) is 0.221. The van der Waals surface area contributed by atoms with Crippen LogP contribution >= 0.6 is 0 Å². The number of piperidine rings is 1. The molecule has 0 bridgehead atoms. The number of hydrogen-bond acceptors (Lipinski definition) is 4. The van der Waals surface area contributed by atoms with Crippen molar-refractivity contribution in [1.29, 1.82) is 0 Å². The molecule has 116 valence electrons. The lowest BCUT2D eigenvalue weighted by Gasteiger charge is -2.33. The first kappa shape index (κ1) is 14.6. The molecule has 0 aliphatic carbocycles. The summed E-state index contributed by atoms with van der Waals surface area (Å²) in [5, 5.41) is 8.95. The van der Waals surface area contributed by atoms with Crippen molar-refractivity contribution in [1.82, 2.24) is 14.5 Å². The van der Waals surface area contributed by atoms with E-state index < -0.39 is 5.97 Å². The molecule has 0 aromatic carbocycles. The summed E-state index contributed by atoms with van der Waals surface area (Å²) in [6.07, 6.45) is 7.52. The molecule has 3 rings (SSSR count). The Hall–Kier alpha value is -2.37. The van der Waals surface area contributed by atoms with Gasteiger partial charge in [-0.15, -0.1) is 0 Å². The van der Waals surface area contributed by atoms with E-state index in [-0.39, 0.29) is 5.56 Å². The molecule has 1 aliphatic rings. The van der Waals surface area contributed by atoms with Crippen molar-refractivity contribution in [2.45, 2.75) is 32.2 Å². The number of anilines is 1. The summed E-state index contributed by atoms with van der Waals surface area (Å²) in [6.45, 7) is 4.87. The first-order valence-corrected chi connectivity index (χ1v) is 7.64. The van der Waals surface area contributed by atoms with E-state index in [0.717, 1.165) is 44.1 Å². The molecule has 1 fully saturated rings. The average Bonchev–Trinajstić information content (AvgIpc) is 3.04. The maximum atomic E-state index is 10.9. The van der Waals surface area contributed by atoms with Gasteiger partial charge in [0.05, 0.1) is 5.56 Å². The normalized spacial score (nSPS) is 18.4. The fourth-order valence-corrected chi connectivity index (χ4v) is 3.04. The first-order chi connectivity index (χ1) is 10.7. The molecule has 0 amide bonds. The quantitative estimate of drug-likeness (QED) is 0.938. The van der Waals surface area contributed by atoms with Crippen molar-refractivity contribution < 1.29 is 9.90 Å². The van der Waals surface area contributed by atoms with Gasteiger partial charge in [-0.25, -0.2) is 14.8 Å². The molecular formula is C16H20N4O2. The highest BCUT2D eigenvalue weighted by molar-refractivity contribution is 5.87. The molecule has 1 N–H and O–H groups in total. The van der Waals surface area contributed by atoms with Crippen LogP contribution in [0.3, 0.4) is 0 Å². The van der Waals surface area contributed by atoms with Gasteiger partial charge >= 0.3 is 5.97 Å². The van der Waals surface area contributed by atoms with Crippen molar-refractivity contribution in [2.24, 2.45) is 0 Å². The monoisotopic (exact) mass is 300 g/mol. The zero-order chi connectivity index (χ0) is 15.5. The number of hydrogen-bond donors (Lipinski definition) is 1. The maximum absolute atomic E-state index is 10.9. The summed E-state index contributed by atoms with van der Waals surface area (Å²) in [6, 6.07) is 3.40. The van der Waals surface area contributed by atoms with Crippen molar-refractivity contribution in [3.63, 3.8) is 0 Å². The number of rotatable bonds is 4. The molecule has 0 spiro atoms. The Labute approximate surface area is 129 Å². The van der Waals surface area contributed by atoms with Gasteiger partial charge in [-0.3, -0.25) is 0 Å². The summed E-state index contributed by atoms with van der Waals surface area (Å²) in [7, 11) is 0. The lowest BCUT2D eigenvalue weighted by Crippen LogP contribution is -2.35. The van der Waals surface area contributed by atoms with Crippen molar-refractivity contribution in [3.05, 3.63) is 42.1 Å². The highest BCUT2D eigenvalue weighted by Crippen LogP contribution is 2.28. The second-order valence-corrected chi connectivity index (χ2v) is 5.57. The fourth-order valence-electron chi connectivity index (χ4n) is 3.04. The van der Waals surface area contributed by atoms with Gasteiger partial charge in [0.2, 0.25) is 0 Å². The topological polar surface area (TPSA) is 71.2 Å². The number of carbonyl (C=O) groups is 1. The molecule has 0 radical (unpaired) electrons. The smallest absolute Gasteiger partial charge is 0.337 e. The molecule has 1 saturated heterocycles. The van der Waals surface area contributed by atoms with Gasteiger partial charge in [0, 0.05) is 44.1 Å². The second kappa shape index (κ2) is 6.17. The van der Waals surface area contributed by atoms with Crippen LogP contribution in [0.4, 0.5) is 5.82 Å². The SMILES string of the molecule is CCn1ccnc1C1CCCN(c2ccc(C(=O)O)cn2)C1. The highest BCUT2D eigenvalue weighted by Gasteiger charge is 2.25. The Bertz CT molecular complexity index is 650. The van der Waals surface area contributed by atoms with Crippen LogP contribution in [0.5, 0.6) is 0 Å². The number of aryl methyl sites for hydroxylation is 1. The van der Waals surface area contributed by atoms with E-state index in [2.05, 4.69) is 26.4 Å². The molecule has 6 nitrogen and oxygen atoms in total. The van der Waals surface area contributed by atoms with Crippen molar-refractivity contribution in [3.8, 4) is 0 Å². The number of nitrogens with zero attached hydrogens (tertiary/aromatic N) is 4. The Morgan fingerprint density at radius 1 is 1.41 bits per heavy atom. The van der Waals surface area contributed by atoms with Gasteiger partial charge in [0.25, 0.3) is 0 Å². The Balaban J connectivity index is 1.76. The molecule has 1 atom stereocenters. The minimum absolute atomic E-state index is 0.221. The van der Waals surface area contributed by atoms with Crippen LogP contribution in [0.15, 0.2) is 30.7 Å². The molecule has 0 saturated carbocycles. The van der Waals surface area contributed by atoms with Crippen molar-refractivity contribution >= 4 is 11.8 Å². The van der Waals surface area contributed by atoms with E-state index in [9.17, 15) is 4.79 Å². The van der Waals surface area contributed by atoms with Crippen LogP contribution in [-0.2, 0) is 6.54 Å². The van der Waals surface area contributed by atoms with Gasteiger partial charge < -0.3 is 14.6 Å². The third-order valence-electron chi connectivity index (χ3n) is 4.19. The predicted octanol–water partition coefficient (Wildman–Crippen LogP) is 2.38. The molecule has 3 heterocycles. The Morgan fingerprint density at radius 2 is 2.27 bits per heavy atom. The molecule has 22 heavy (non-hydrogen) atoms. The van der Waals surface area contributed by atoms with E-state index in [1.807, 2.05) is 12.4 Å². The first-order valence-electron chi connectivity index (χ1n) is 7.64. The summed E-state index contributed by atoms with van der Waals surface area (Å²) in [4.78, 5) is 21.9. The molecule has 2 aromatic rings. The zero-order valence-electron chi connectivity index (χ0n) is 12.6. The second-order valence-electron chi connectivity index (χ2n) is 5.57. The van der Waals surface area contributed by atoms with Crippen LogP contribution in [0.25, 0.3) is 0 Å². The van der Waals surface area contributed by atoms with E-state index >= 15 is 0 Å². The molecule has 6 heteroatoms. The van der Waals surface area contributed by atoms with E-state index in [1.165, 1.54) is 6.20 Å². The number of carboxylic acids is 1. The lowest BCUT2D eigenvalue weighted by molar-refractivity contribution is 0.0696. The standard InChI is InChI=1S/C16H20N4O2/c1-2-19-9-7-17-15(19)13-4-3-8-20(11-13)14-6-5-12(10-18-14)16(21)22/h5-7,9-10,13H,2-4,8,11H2,1H3,(H,21,22). The summed E-state index contributed by atoms with van der Waals surface area (Å²) < 4.78 is 2.19. The number of aromatic carboxylic acids is 1. The van der Waals surface area contributed by atoms with Crippen LogP contribution in [0.1, 0.15) is 41.9 Å². The predicted molar refractivity (Wildman–Crippen MR) is 83.3 cm³/mol. The minimum Gasteiger partial charge on any atom is -0.478 e. The third kappa shape index (κ3) is 2.81. The maximum Gasteiger partial charge on any atom is 0.337 e. The lowest BCUT2D eigenvalue weighted by atomic mass is 9.97. The van der Waals surface area contributed by atoms with Crippen LogP contribution in [0, 0.1) is 0 Å². The fraction of sp³-hybridized carbons (Fsp3) is 0.438. The average molecular weight is 300 g/mol. The summed E-state index contributed by atoms with van der Waals surface area (Å²) in [5.74, 6) is 1.42. The van der Waals surface area contributed by atoms with Gasteiger partial charge in [0.15, 0.2) is 0 Å². The van der Waals surface area contributed by atoms with Gasteiger partial charge in [-0.2, -0.15) is 0 Å². The number of aromatic nitrogens is 3. The number of imidazole rings is 1. The minimum atomic E-state index is -0.944. The van der Waals surface area contributed by atoms with E-state index in [4.69, 9.17) is 5.11 Å². The molecular weight excluding hydrogens is 280 g/mol. The van der Waals surface area contributed by atoms with Crippen molar-refractivity contribution in [2.75, 3.05) is 18.0 Å². The zero-order valence-corrected chi connectivity index (χ0v) is 12.6. The van der Waals surface area contributed by atoms with Gasteiger partial charge in [-0.05, 0) is 31.9 Å². The van der Waals surface area contributed by atoms with Crippen LogP contribution in [0.2, 0.25) is 0 Å². The van der Waals surface area contributed by atoms with Crippen LogP contribution in [-0.4, -0.2) is 38.7 Å².